The second-order valence-corrected chi connectivity index (χ2v) is 6.28. The van der Waals surface area contributed by atoms with Gasteiger partial charge in [-0.05, 0) is 32.4 Å². The minimum atomic E-state index is 0. The largest absolute Gasteiger partial charge is 0.355 e. The Morgan fingerprint density at radius 3 is 2.73 bits per heavy atom. The lowest BCUT2D eigenvalue weighted by atomic mass is 10.1. The molecule has 1 aromatic rings. The van der Waals surface area contributed by atoms with Crippen molar-refractivity contribution in [3.63, 3.8) is 0 Å². The molecule has 1 fully saturated rings. The predicted molar refractivity (Wildman–Crippen MR) is 105 cm³/mol. The standard InChI is InChI=1S/C15H27N5S.HI/c1-3-14-19-13(12-21-14)11-18-15(16-2)17-7-10-20-8-5-4-6-9-20;/h12H,3-11H2,1-2H3,(H2,16,17,18);1H. The van der Waals surface area contributed by atoms with E-state index in [0.717, 1.165) is 37.7 Å². The molecular formula is C15H28IN5S. The van der Waals surface area contributed by atoms with Crippen molar-refractivity contribution in [1.82, 2.24) is 20.5 Å². The monoisotopic (exact) mass is 437 g/mol. The Balaban J connectivity index is 0.00000242. The van der Waals surface area contributed by atoms with Gasteiger partial charge in [-0.3, -0.25) is 4.99 Å². The van der Waals surface area contributed by atoms with E-state index in [2.05, 4.69) is 37.8 Å². The van der Waals surface area contributed by atoms with Crippen LogP contribution in [-0.4, -0.2) is 49.1 Å². The number of nitrogens with zero attached hydrogens (tertiary/aromatic N) is 3. The number of rotatable bonds is 6. The third kappa shape index (κ3) is 6.78. The minimum absolute atomic E-state index is 0. The maximum atomic E-state index is 4.55. The van der Waals surface area contributed by atoms with E-state index in [1.807, 2.05) is 7.05 Å². The van der Waals surface area contributed by atoms with Gasteiger partial charge >= 0.3 is 0 Å². The van der Waals surface area contributed by atoms with Gasteiger partial charge in [-0.1, -0.05) is 13.3 Å². The SMILES string of the molecule is CCc1nc(CNC(=NC)NCCN2CCCCC2)cs1.I. The van der Waals surface area contributed by atoms with Crippen molar-refractivity contribution < 1.29 is 0 Å². The van der Waals surface area contributed by atoms with Crippen LogP contribution in [0.5, 0.6) is 0 Å². The van der Waals surface area contributed by atoms with Gasteiger partial charge in [0.2, 0.25) is 0 Å². The number of halogens is 1. The van der Waals surface area contributed by atoms with Crippen molar-refractivity contribution in [2.45, 2.75) is 39.2 Å². The molecule has 126 valence electrons. The third-order valence-corrected chi connectivity index (χ3v) is 4.77. The van der Waals surface area contributed by atoms with E-state index in [4.69, 9.17) is 0 Å². The zero-order valence-electron chi connectivity index (χ0n) is 13.6. The maximum absolute atomic E-state index is 4.55. The fraction of sp³-hybridized carbons (Fsp3) is 0.733. The normalized spacial score (nSPS) is 16.2. The van der Waals surface area contributed by atoms with Gasteiger partial charge in [0.1, 0.15) is 0 Å². The highest BCUT2D eigenvalue weighted by molar-refractivity contribution is 14.0. The number of aromatic nitrogens is 1. The van der Waals surface area contributed by atoms with Gasteiger partial charge in [0.05, 0.1) is 17.2 Å². The first kappa shape index (κ1) is 19.6. The highest BCUT2D eigenvalue weighted by atomic mass is 127. The molecule has 0 aromatic carbocycles. The molecule has 1 aliphatic rings. The van der Waals surface area contributed by atoms with Crippen molar-refractivity contribution in [1.29, 1.82) is 0 Å². The lowest BCUT2D eigenvalue weighted by Gasteiger charge is -2.26. The number of likely N-dealkylation sites (tertiary alicyclic amines) is 1. The van der Waals surface area contributed by atoms with E-state index >= 15 is 0 Å². The van der Waals surface area contributed by atoms with Crippen molar-refractivity contribution >= 4 is 41.3 Å². The first-order valence-electron chi connectivity index (χ1n) is 7.92. The highest BCUT2D eigenvalue weighted by Gasteiger charge is 2.09. The van der Waals surface area contributed by atoms with Crippen LogP contribution in [0.4, 0.5) is 0 Å². The second kappa shape index (κ2) is 11.2. The number of thiazole rings is 1. The second-order valence-electron chi connectivity index (χ2n) is 5.34. The van der Waals surface area contributed by atoms with Crippen LogP contribution in [-0.2, 0) is 13.0 Å². The molecule has 0 unspecified atom stereocenters. The van der Waals surface area contributed by atoms with Crippen molar-refractivity contribution in [2.24, 2.45) is 4.99 Å². The molecule has 0 amide bonds. The Bertz CT molecular complexity index is 443. The molecule has 0 radical (unpaired) electrons. The van der Waals surface area contributed by atoms with E-state index in [9.17, 15) is 0 Å². The first-order valence-corrected chi connectivity index (χ1v) is 8.80. The summed E-state index contributed by atoms with van der Waals surface area (Å²) in [6.45, 7) is 7.39. The number of aliphatic imine (C=N–C) groups is 1. The van der Waals surface area contributed by atoms with Gasteiger partial charge in [0, 0.05) is 25.5 Å². The molecule has 0 spiro atoms. The van der Waals surface area contributed by atoms with Crippen LogP contribution in [0.1, 0.15) is 36.9 Å². The topological polar surface area (TPSA) is 52.6 Å². The summed E-state index contributed by atoms with van der Waals surface area (Å²) in [6.07, 6.45) is 5.08. The summed E-state index contributed by atoms with van der Waals surface area (Å²) in [6, 6.07) is 0. The number of hydrogen-bond acceptors (Lipinski definition) is 4. The van der Waals surface area contributed by atoms with E-state index in [1.54, 1.807) is 11.3 Å². The Hall–Kier alpha value is -0.410. The van der Waals surface area contributed by atoms with Crippen molar-refractivity contribution in [3.05, 3.63) is 16.1 Å². The summed E-state index contributed by atoms with van der Waals surface area (Å²) in [4.78, 5) is 11.3. The number of guanidine groups is 1. The summed E-state index contributed by atoms with van der Waals surface area (Å²) >= 11 is 1.73. The van der Waals surface area contributed by atoms with Crippen LogP contribution < -0.4 is 10.6 Å². The Morgan fingerprint density at radius 2 is 2.09 bits per heavy atom. The Kier molecular flexibility index (Phi) is 9.98. The number of piperidine rings is 1. The van der Waals surface area contributed by atoms with Gasteiger partial charge in [-0.15, -0.1) is 35.3 Å². The highest BCUT2D eigenvalue weighted by Crippen LogP contribution is 2.09. The van der Waals surface area contributed by atoms with Crippen LogP contribution in [0.3, 0.4) is 0 Å². The minimum Gasteiger partial charge on any atom is -0.355 e. The average Bonchev–Trinajstić information content (AvgIpc) is 3.00. The number of hydrogen-bond donors (Lipinski definition) is 2. The average molecular weight is 437 g/mol. The summed E-state index contributed by atoms with van der Waals surface area (Å²) in [7, 11) is 1.81. The quantitative estimate of drug-likeness (QED) is 0.408. The molecule has 0 atom stereocenters. The molecule has 22 heavy (non-hydrogen) atoms. The van der Waals surface area contributed by atoms with Crippen LogP contribution in [0.25, 0.3) is 0 Å². The van der Waals surface area contributed by atoms with Gasteiger partial charge < -0.3 is 15.5 Å². The zero-order valence-corrected chi connectivity index (χ0v) is 16.7. The molecule has 0 saturated carbocycles. The lowest BCUT2D eigenvalue weighted by molar-refractivity contribution is 0.232. The summed E-state index contributed by atoms with van der Waals surface area (Å²) in [5, 5.41) is 10.0. The fourth-order valence-corrected chi connectivity index (χ4v) is 3.25. The molecule has 5 nitrogen and oxygen atoms in total. The van der Waals surface area contributed by atoms with Crippen LogP contribution in [0, 0.1) is 0 Å². The zero-order chi connectivity index (χ0) is 14.9. The molecule has 2 rings (SSSR count). The van der Waals surface area contributed by atoms with E-state index in [1.165, 1.54) is 37.4 Å². The first-order chi connectivity index (χ1) is 10.3. The molecule has 2 N–H and O–H groups in total. The van der Waals surface area contributed by atoms with Gasteiger partial charge in [-0.25, -0.2) is 4.98 Å². The van der Waals surface area contributed by atoms with Gasteiger partial charge in [-0.2, -0.15) is 0 Å². The fourth-order valence-electron chi connectivity index (χ4n) is 2.50. The van der Waals surface area contributed by atoms with Crippen LogP contribution in [0.2, 0.25) is 0 Å². The molecule has 1 aromatic heterocycles. The van der Waals surface area contributed by atoms with Gasteiger partial charge in [0.25, 0.3) is 0 Å². The molecule has 0 bridgehead atoms. The predicted octanol–water partition coefficient (Wildman–Crippen LogP) is 2.47. The molecule has 0 aliphatic carbocycles. The van der Waals surface area contributed by atoms with Crippen molar-refractivity contribution in [3.8, 4) is 0 Å². The Labute approximate surface area is 155 Å². The smallest absolute Gasteiger partial charge is 0.191 e. The van der Waals surface area contributed by atoms with E-state index in [0.29, 0.717) is 0 Å². The molecule has 7 heteroatoms. The van der Waals surface area contributed by atoms with Gasteiger partial charge in [0.15, 0.2) is 5.96 Å². The molecular weight excluding hydrogens is 409 g/mol. The molecule has 1 aliphatic heterocycles. The number of nitrogens with one attached hydrogen (secondary N) is 2. The number of aryl methyl sites for hydroxylation is 1. The Morgan fingerprint density at radius 1 is 1.32 bits per heavy atom. The molecule has 2 heterocycles. The third-order valence-electron chi connectivity index (χ3n) is 3.73. The molecule has 1 saturated heterocycles. The summed E-state index contributed by atoms with van der Waals surface area (Å²) < 4.78 is 0. The summed E-state index contributed by atoms with van der Waals surface area (Å²) in [5.74, 6) is 0.859. The van der Waals surface area contributed by atoms with Crippen molar-refractivity contribution in [2.75, 3.05) is 33.2 Å². The van der Waals surface area contributed by atoms with E-state index in [-0.39, 0.29) is 24.0 Å². The summed E-state index contributed by atoms with van der Waals surface area (Å²) in [5.41, 5.74) is 1.09. The van der Waals surface area contributed by atoms with Crippen LogP contribution in [0.15, 0.2) is 10.4 Å². The van der Waals surface area contributed by atoms with Crippen LogP contribution >= 0.6 is 35.3 Å². The van der Waals surface area contributed by atoms with E-state index < -0.39 is 0 Å². The lowest BCUT2D eigenvalue weighted by Crippen LogP contribution is -2.42. The maximum Gasteiger partial charge on any atom is 0.191 e.